The maximum Gasteiger partial charge on any atom is 0.234 e. The SMILES string of the molecule is CC(C)N(C)CC(=O)NCc1ccccc1CN1C[C@@H](C)O[C@H](C)C1. The van der Waals surface area contributed by atoms with Gasteiger partial charge in [-0.3, -0.25) is 14.6 Å². The number of carbonyl (C=O) groups is 1. The monoisotopic (exact) mass is 347 g/mol. The summed E-state index contributed by atoms with van der Waals surface area (Å²) in [6, 6.07) is 8.74. The van der Waals surface area contributed by atoms with Gasteiger partial charge in [0.15, 0.2) is 0 Å². The van der Waals surface area contributed by atoms with Crippen LogP contribution in [-0.4, -0.2) is 60.6 Å². The molecule has 1 aromatic rings. The molecule has 140 valence electrons. The van der Waals surface area contributed by atoms with Crippen molar-refractivity contribution in [3.8, 4) is 0 Å². The molecular weight excluding hydrogens is 314 g/mol. The number of ether oxygens (including phenoxy) is 1. The molecule has 1 aliphatic heterocycles. The van der Waals surface area contributed by atoms with E-state index in [1.54, 1.807) is 0 Å². The maximum atomic E-state index is 12.1. The van der Waals surface area contributed by atoms with Crippen LogP contribution in [0.3, 0.4) is 0 Å². The number of carbonyl (C=O) groups excluding carboxylic acids is 1. The second kappa shape index (κ2) is 9.32. The molecule has 1 N–H and O–H groups in total. The van der Waals surface area contributed by atoms with Gasteiger partial charge in [-0.1, -0.05) is 24.3 Å². The van der Waals surface area contributed by atoms with Gasteiger partial charge >= 0.3 is 0 Å². The third-order valence-corrected chi connectivity index (χ3v) is 4.76. The molecule has 0 spiro atoms. The fourth-order valence-corrected chi connectivity index (χ4v) is 3.20. The van der Waals surface area contributed by atoms with E-state index in [-0.39, 0.29) is 18.1 Å². The molecule has 5 heteroatoms. The third-order valence-electron chi connectivity index (χ3n) is 4.76. The molecule has 2 atom stereocenters. The van der Waals surface area contributed by atoms with Crippen LogP contribution in [0.4, 0.5) is 0 Å². The number of hydrogen-bond donors (Lipinski definition) is 1. The van der Waals surface area contributed by atoms with Crippen LogP contribution in [0.25, 0.3) is 0 Å². The number of hydrogen-bond acceptors (Lipinski definition) is 4. The maximum absolute atomic E-state index is 12.1. The van der Waals surface area contributed by atoms with Crippen LogP contribution in [0.1, 0.15) is 38.8 Å². The molecule has 0 unspecified atom stereocenters. The number of nitrogens with zero attached hydrogens (tertiary/aromatic N) is 2. The van der Waals surface area contributed by atoms with Gasteiger partial charge in [-0.05, 0) is 45.9 Å². The second-order valence-electron chi connectivity index (χ2n) is 7.51. The molecule has 2 rings (SSSR count). The zero-order valence-electron chi connectivity index (χ0n) is 16.3. The van der Waals surface area contributed by atoms with Gasteiger partial charge in [-0.15, -0.1) is 0 Å². The molecule has 1 heterocycles. The summed E-state index contributed by atoms with van der Waals surface area (Å²) < 4.78 is 5.82. The molecule has 0 saturated carbocycles. The summed E-state index contributed by atoms with van der Waals surface area (Å²) in [5, 5.41) is 3.06. The van der Waals surface area contributed by atoms with Gasteiger partial charge in [0.2, 0.25) is 5.91 Å². The van der Waals surface area contributed by atoms with Crippen LogP contribution in [-0.2, 0) is 22.6 Å². The Morgan fingerprint density at radius 2 is 1.84 bits per heavy atom. The summed E-state index contributed by atoms with van der Waals surface area (Å²) in [4.78, 5) is 16.6. The molecule has 1 saturated heterocycles. The zero-order chi connectivity index (χ0) is 18.4. The highest BCUT2D eigenvalue weighted by atomic mass is 16.5. The van der Waals surface area contributed by atoms with Gasteiger partial charge in [-0.25, -0.2) is 0 Å². The van der Waals surface area contributed by atoms with Crippen molar-refractivity contribution in [3.63, 3.8) is 0 Å². The van der Waals surface area contributed by atoms with E-state index in [9.17, 15) is 4.79 Å². The summed E-state index contributed by atoms with van der Waals surface area (Å²) >= 11 is 0. The summed E-state index contributed by atoms with van der Waals surface area (Å²) in [5.41, 5.74) is 2.47. The van der Waals surface area contributed by atoms with Gasteiger partial charge in [-0.2, -0.15) is 0 Å². The highest BCUT2D eigenvalue weighted by molar-refractivity contribution is 5.78. The third kappa shape index (κ3) is 6.42. The molecule has 0 bridgehead atoms. The summed E-state index contributed by atoms with van der Waals surface area (Å²) in [6.45, 7) is 12.2. The minimum atomic E-state index is 0.0691. The van der Waals surface area contributed by atoms with Gasteiger partial charge in [0.1, 0.15) is 0 Å². The summed E-state index contributed by atoms with van der Waals surface area (Å²) in [6.07, 6.45) is 0.532. The van der Waals surface area contributed by atoms with Crippen molar-refractivity contribution >= 4 is 5.91 Å². The van der Waals surface area contributed by atoms with Gasteiger partial charge < -0.3 is 10.1 Å². The van der Waals surface area contributed by atoms with Crippen LogP contribution in [0.2, 0.25) is 0 Å². The lowest BCUT2D eigenvalue weighted by Gasteiger charge is -2.35. The normalized spacial score (nSPS) is 21.7. The Kier molecular flexibility index (Phi) is 7.41. The highest BCUT2D eigenvalue weighted by Crippen LogP contribution is 2.17. The van der Waals surface area contributed by atoms with E-state index in [0.29, 0.717) is 19.1 Å². The van der Waals surface area contributed by atoms with E-state index in [2.05, 4.69) is 56.1 Å². The van der Waals surface area contributed by atoms with E-state index in [1.807, 2.05) is 18.0 Å². The Morgan fingerprint density at radius 1 is 1.24 bits per heavy atom. The Morgan fingerprint density at radius 3 is 2.44 bits per heavy atom. The smallest absolute Gasteiger partial charge is 0.234 e. The summed E-state index contributed by atoms with van der Waals surface area (Å²) in [5.74, 6) is 0.0691. The average Bonchev–Trinajstić information content (AvgIpc) is 2.53. The average molecular weight is 348 g/mol. The van der Waals surface area contributed by atoms with Crippen molar-refractivity contribution in [1.82, 2.24) is 15.1 Å². The number of amides is 1. The number of likely N-dealkylation sites (N-methyl/N-ethyl adjacent to an activating group) is 1. The molecule has 1 aliphatic rings. The first-order valence-corrected chi connectivity index (χ1v) is 9.26. The number of rotatable bonds is 7. The van der Waals surface area contributed by atoms with Crippen LogP contribution >= 0.6 is 0 Å². The number of nitrogens with one attached hydrogen (secondary N) is 1. The Balaban J connectivity index is 1.92. The highest BCUT2D eigenvalue weighted by Gasteiger charge is 2.22. The molecule has 0 aliphatic carbocycles. The minimum Gasteiger partial charge on any atom is -0.373 e. The van der Waals surface area contributed by atoms with Crippen molar-refractivity contribution in [3.05, 3.63) is 35.4 Å². The second-order valence-corrected chi connectivity index (χ2v) is 7.51. The predicted molar refractivity (Wildman–Crippen MR) is 101 cm³/mol. The standard InChI is InChI=1S/C20H33N3O2/c1-15(2)22(5)14-20(24)21-10-18-8-6-7-9-19(18)13-23-11-16(3)25-17(4)12-23/h6-9,15-17H,10-14H2,1-5H3,(H,21,24)/t16-,17-/m1/s1. The largest absolute Gasteiger partial charge is 0.373 e. The first kappa shape index (κ1) is 19.9. The molecule has 0 radical (unpaired) electrons. The lowest BCUT2D eigenvalue weighted by Crippen LogP contribution is -2.45. The van der Waals surface area contributed by atoms with E-state index in [1.165, 1.54) is 11.1 Å². The first-order valence-electron chi connectivity index (χ1n) is 9.26. The first-order chi connectivity index (χ1) is 11.8. The molecule has 1 aromatic carbocycles. The van der Waals surface area contributed by atoms with Crippen molar-refractivity contribution in [2.24, 2.45) is 0 Å². The van der Waals surface area contributed by atoms with Crippen molar-refractivity contribution in [2.75, 3.05) is 26.7 Å². The van der Waals surface area contributed by atoms with Crippen LogP contribution < -0.4 is 5.32 Å². The predicted octanol–water partition coefficient (Wildman–Crippen LogP) is 2.25. The Labute approximate surface area is 152 Å². The molecule has 1 amide bonds. The topological polar surface area (TPSA) is 44.8 Å². The fraction of sp³-hybridized carbons (Fsp3) is 0.650. The lowest BCUT2D eigenvalue weighted by atomic mass is 10.1. The van der Waals surface area contributed by atoms with Crippen LogP contribution in [0, 0.1) is 0 Å². The van der Waals surface area contributed by atoms with Crippen LogP contribution in [0.5, 0.6) is 0 Å². The van der Waals surface area contributed by atoms with Gasteiger partial charge in [0, 0.05) is 32.2 Å². The van der Waals surface area contributed by atoms with E-state index in [0.717, 1.165) is 19.6 Å². The quantitative estimate of drug-likeness (QED) is 0.822. The molecule has 0 aromatic heterocycles. The van der Waals surface area contributed by atoms with Gasteiger partial charge in [0.25, 0.3) is 0 Å². The summed E-state index contributed by atoms with van der Waals surface area (Å²) in [7, 11) is 1.97. The number of benzene rings is 1. The van der Waals surface area contributed by atoms with Crippen molar-refractivity contribution in [1.29, 1.82) is 0 Å². The van der Waals surface area contributed by atoms with Crippen LogP contribution in [0.15, 0.2) is 24.3 Å². The Bertz CT molecular complexity index is 552. The molecule has 25 heavy (non-hydrogen) atoms. The van der Waals surface area contributed by atoms with E-state index < -0.39 is 0 Å². The Hall–Kier alpha value is -1.43. The number of morpholine rings is 1. The zero-order valence-corrected chi connectivity index (χ0v) is 16.3. The van der Waals surface area contributed by atoms with E-state index >= 15 is 0 Å². The minimum absolute atomic E-state index is 0.0691. The molecular formula is C20H33N3O2. The molecule has 1 fully saturated rings. The molecule has 5 nitrogen and oxygen atoms in total. The fourth-order valence-electron chi connectivity index (χ4n) is 3.20. The van der Waals surface area contributed by atoms with E-state index in [4.69, 9.17) is 4.74 Å². The lowest BCUT2D eigenvalue weighted by molar-refractivity contribution is -0.122. The van der Waals surface area contributed by atoms with Crippen molar-refractivity contribution < 1.29 is 9.53 Å². The van der Waals surface area contributed by atoms with Gasteiger partial charge in [0.05, 0.1) is 18.8 Å². The van der Waals surface area contributed by atoms with Crippen molar-refractivity contribution in [2.45, 2.75) is 59.0 Å².